The van der Waals surface area contributed by atoms with Gasteiger partial charge in [-0.15, -0.1) is 0 Å². The largest absolute Gasteiger partial charge is 0.378 e. The number of hydrogen-bond donors (Lipinski definition) is 1. The lowest BCUT2D eigenvalue weighted by Crippen LogP contribution is -2.41. The Morgan fingerprint density at radius 1 is 1.26 bits per heavy atom. The first kappa shape index (κ1) is 12.6. The third kappa shape index (κ3) is 2.93. The summed E-state index contributed by atoms with van der Waals surface area (Å²) in [5.74, 6) is -0.237. The second-order valence-electron chi connectivity index (χ2n) is 5.26. The standard InChI is InChI=1S/C14H17FN2O2/c15-12-3-1-10(2-4-12)5-17-6-11-8-19-9-13(7-17)16-14(11)18/h1-4,11,13H,5-9H2,(H,16,18)/t11-,13+/m1/s1. The summed E-state index contributed by atoms with van der Waals surface area (Å²) in [6.45, 7) is 3.27. The van der Waals surface area contributed by atoms with Crippen molar-refractivity contribution >= 4 is 5.91 Å². The average Bonchev–Trinajstić information content (AvgIpc) is 2.61. The number of nitrogens with one attached hydrogen (secondary N) is 1. The van der Waals surface area contributed by atoms with Crippen LogP contribution in [0.25, 0.3) is 0 Å². The van der Waals surface area contributed by atoms with Crippen LogP contribution in [-0.4, -0.2) is 43.2 Å². The highest BCUT2D eigenvalue weighted by atomic mass is 19.1. The molecule has 2 atom stereocenters. The quantitative estimate of drug-likeness (QED) is 0.858. The van der Waals surface area contributed by atoms with E-state index in [1.807, 2.05) is 0 Å². The molecule has 1 amide bonds. The Morgan fingerprint density at radius 2 is 2.05 bits per heavy atom. The van der Waals surface area contributed by atoms with Crippen LogP contribution in [0.15, 0.2) is 24.3 Å². The van der Waals surface area contributed by atoms with Crippen molar-refractivity contribution in [1.29, 1.82) is 0 Å². The monoisotopic (exact) mass is 264 g/mol. The molecule has 5 heteroatoms. The fourth-order valence-corrected chi connectivity index (χ4v) is 2.70. The Hall–Kier alpha value is -1.46. The number of benzene rings is 1. The van der Waals surface area contributed by atoms with Gasteiger partial charge in [0.2, 0.25) is 5.91 Å². The summed E-state index contributed by atoms with van der Waals surface area (Å²) in [7, 11) is 0. The molecule has 102 valence electrons. The predicted molar refractivity (Wildman–Crippen MR) is 67.9 cm³/mol. The van der Waals surface area contributed by atoms with Crippen molar-refractivity contribution in [3.05, 3.63) is 35.6 Å². The van der Waals surface area contributed by atoms with Gasteiger partial charge in [-0.1, -0.05) is 12.1 Å². The van der Waals surface area contributed by atoms with Gasteiger partial charge in [0.05, 0.1) is 25.2 Å². The molecule has 0 spiro atoms. The summed E-state index contributed by atoms with van der Waals surface area (Å²) in [4.78, 5) is 14.1. The highest BCUT2D eigenvalue weighted by molar-refractivity contribution is 5.79. The van der Waals surface area contributed by atoms with Crippen LogP contribution in [0.5, 0.6) is 0 Å². The Labute approximate surface area is 111 Å². The van der Waals surface area contributed by atoms with Crippen molar-refractivity contribution < 1.29 is 13.9 Å². The molecular weight excluding hydrogens is 247 g/mol. The van der Waals surface area contributed by atoms with E-state index in [9.17, 15) is 9.18 Å². The highest BCUT2D eigenvalue weighted by Gasteiger charge is 2.32. The molecule has 2 saturated heterocycles. The van der Waals surface area contributed by atoms with Crippen molar-refractivity contribution in [2.75, 3.05) is 26.3 Å². The molecule has 1 aromatic rings. The van der Waals surface area contributed by atoms with E-state index in [-0.39, 0.29) is 23.7 Å². The van der Waals surface area contributed by atoms with Gasteiger partial charge >= 0.3 is 0 Å². The number of nitrogens with zero attached hydrogens (tertiary/aromatic N) is 1. The van der Waals surface area contributed by atoms with E-state index in [0.29, 0.717) is 19.8 Å². The number of hydrogen-bond acceptors (Lipinski definition) is 3. The van der Waals surface area contributed by atoms with Crippen molar-refractivity contribution in [2.24, 2.45) is 5.92 Å². The molecule has 2 aliphatic rings. The maximum atomic E-state index is 12.9. The van der Waals surface area contributed by atoms with E-state index in [1.54, 1.807) is 12.1 Å². The molecule has 1 aromatic carbocycles. The summed E-state index contributed by atoms with van der Waals surface area (Å²) in [6, 6.07) is 6.59. The molecule has 2 bridgehead atoms. The predicted octanol–water partition coefficient (Wildman–Crippen LogP) is 0.772. The Bertz CT molecular complexity index is 463. The number of carbonyl (C=O) groups excluding carboxylic acids is 1. The van der Waals surface area contributed by atoms with Crippen molar-refractivity contribution in [3.8, 4) is 0 Å². The molecule has 0 unspecified atom stereocenters. The lowest BCUT2D eigenvalue weighted by molar-refractivity contribution is -0.125. The summed E-state index contributed by atoms with van der Waals surface area (Å²) < 4.78 is 18.4. The van der Waals surface area contributed by atoms with Crippen molar-refractivity contribution in [1.82, 2.24) is 10.2 Å². The van der Waals surface area contributed by atoms with Crippen LogP contribution in [0, 0.1) is 11.7 Å². The third-order valence-corrected chi connectivity index (χ3v) is 3.63. The molecule has 0 aliphatic carbocycles. The maximum absolute atomic E-state index is 12.9. The summed E-state index contributed by atoms with van der Waals surface area (Å²) in [5.41, 5.74) is 1.06. The Balaban J connectivity index is 1.71. The fourth-order valence-electron chi connectivity index (χ4n) is 2.70. The minimum Gasteiger partial charge on any atom is -0.378 e. The van der Waals surface area contributed by atoms with Gasteiger partial charge in [0.25, 0.3) is 0 Å². The van der Waals surface area contributed by atoms with Crippen LogP contribution in [0.1, 0.15) is 5.56 Å². The smallest absolute Gasteiger partial charge is 0.227 e. The molecule has 4 nitrogen and oxygen atoms in total. The molecule has 0 aromatic heterocycles. The molecule has 2 aliphatic heterocycles. The van der Waals surface area contributed by atoms with E-state index >= 15 is 0 Å². The topological polar surface area (TPSA) is 41.6 Å². The summed E-state index contributed by atoms with van der Waals surface area (Å²) in [5, 5.41) is 3.00. The van der Waals surface area contributed by atoms with Gasteiger partial charge < -0.3 is 10.1 Å². The average molecular weight is 264 g/mol. The first-order valence-electron chi connectivity index (χ1n) is 6.55. The van der Waals surface area contributed by atoms with Crippen LogP contribution in [0.2, 0.25) is 0 Å². The number of carbonyl (C=O) groups is 1. The van der Waals surface area contributed by atoms with Gasteiger partial charge in [-0.2, -0.15) is 0 Å². The Morgan fingerprint density at radius 3 is 2.84 bits per heavy atom. The lowest BCUT2D eigenvalue weighted by Gasteiger charge is -2.27. The van der Waals surface area contributed by atoms with E-state index in [4.69, 9.17) is 4.74 Å². The zero-order valence-corrected chi connectivity index (χ0v) is 10.6. The molecule has 3 rings (SSSR count). The van der Waals surface area contributed by atoms with Gasteiger partial charge in [0.15, 0.2) is 0 Å². The molecule has 0 saturated carbocycles. The Kier molecular flexibility index (Phi) is 3.48. The molecule has 2 fully saturated rings. The van der Waals surface area contributed by atoms with Gasteiger partial charge in [-0.3, -0.25) is 9.69 Å². The molecule has 19 heavy (non-hydrogen) atoms. The summed E-state index contributed by atoms with van der Waals surface area (Å²) in [6.07, 6.45) is 0. The van der Waals surface area contributed by atoms with Gasteiger partial charge in [-0.25, -0.2) is 4.39 Å². The van der Waals surface area contributed by atoms with E-state index in [1.165, 1.54) is 12.1 Å². The van der Waals surface area contributed by atoms with Gasteiger partial charge in [-0.05, 0) is 17.7 Å². The number of amides is 1. The van der Waals surface area contributed by atoms with E-state index < -0.39 is 0 Å². The van der Waals surface area contributed by atoms with Crippen LogP contribution in [0.4, 0.5) is 4.39 Å². The van der Waals surface area contributed by atoms with Crippen LogP contribution < -0.4 is 5.32 Å². The van der Waals surface area contributed by atoms with Gasteiger partial charge in [0, 0.05) is 19.6 Å². The van der Waals surface area contributed by atoms with Crippen molar-refractivity contribution in [3.63, 3.8) is 0 Å². The summed E-state index contributed by atoms with van der Waals surface area (Å²) >= 11 is 0. The first-order chi connectivity index (χ1) is 9.20. The SMILES string of the molecule is O=C1N[C@@H]2COC[C@H]1CN(Cc1ccc(F)cc1)C2. The number of fused-ring (bicyclic) bond motifs is 3. The molecule has 0 radical (unpaired) electrons. The fraction of sp³-hybridized carbons (Fsp3) is 0.500. The minimum atomic E-state index is -0.221. The van der Waals surface area contributed by atoms with Crippen LogP contribution >= 0.6 is 0 Å². The van der Waals surface area contributed by atoms with Crippen LogP contribution in [0.3, 0.4) is 0 Å². The highest BCUT2D eigenvalue weighted by Crippen LogP contribution is 2.16. The number of ether oxygens (including phenoxy) is 1. The van der Waals surface area contributed by atoms with Crippen molar-refractivity contribution in [2.45, 2.75) is 12.6 Å². The number of halogens is 1. The number of rotatable bonds is 2. The second-order valence-corrected chi connectivity index (χ2v) is 5.26. The minimum absolute atomic E-state index is 0.0560. The van der Waals surface area contributed by atoms with E-state index in [2.05, 4.69) is 10.2 Å². The normalized spacial score (nSPS) is 27.7. The lowest BCUT2D eigenvalue weighted by atomic mass is 10.1. The van der Waals surface area contributed by atoms with E-state index in [0.717, 1.165) is 18.7 Å². The molecule has 1 N–H and O–H groups in total. The zero-order valence-electron chi connectivity index (χ0n) is 10.6. The third-order valence-electron chi connectivity index (χ3n) is 3.63. The van der Waals surface area contributed by atoms with Crippen LogP contribution in [-0.2, 0) is 16.1 Å². The van der Waals surface area contributed by atoms with Gasteiger partial charge in [0.1, 0.15) is 5.82 Å². The maximum Gasteiger partial charge on any atom is 0.227 e. The first-order valence-corrected chi connectivity index (χ1v) is 6.55. The molecule has 2 heterocycles. The molecular formula is C14H17FN2O2. The second kappa shape index (κ2) is 5.27. The zero-order chi connectivity index (χ0) is 13.2.